The van der Waals surface area contributed by atoms with Gasteiger partial charge in [-0.15, -0.1) is 11.8 Å². The number of halogens is 2. The Labute approximate surface area is 151 Å². The highest BCUT2D eigenvalue weighted by Crippen LogP contribution is 2.29. The van der Waals surface area contributed by atoms with Crippen LogP contribution < -0.4 is 0 Å². The molecule has 0 N–H and O–H groups in total. The summed E-state index contributed by atoms with van der Waals surface area (Å²) in [5.41, 5.74) is 2.06. The molecule has 23 heavy (non-hydrogen) atoms. The second kappa shape index (κ2) is 8.57. The van der Waals surface area contributed by atoms with Crippen LogP contribution in [0.3, 0.4) is 0 Å². The van der Waals surface area contributed by atoms with Gasteiger partial charge in [-0.1, -0.05) is 29.3 Å². The number of nitrogens with zero attached hydrogens (tertiary/aromatic N) is 2. The number of carbonyl (C=O) groups is 1. The standard InChI is InChI=1S/C17H18Cl2N2OS/c1-12(15-4-3-14(18)9-16(15)19)21(2)17(22)11-23-10-13-5-7-20-8-6-13/h3-9,12H,10-11H2,1-2H3/t12-/m1/s1. The molecule has 1 amide bonds. The number of hydrogen-bond donors (Lipinski definition) is 0. The van der Waals surface area contributed by atoms with Gasteiger partial charge in [-0.25, -0.2) is 0 Å². The molecular formula is C17H18Cl2N2OS. The van der Waals surface area contributed by atoms with E-state index in [2.05, 4.69) is 4.98 Å². The third-order valence-electron chi connectivity index (χ3n) is 3.63. The molecule has 0 aliphatic carbocycles. The largest absolute Gasteiger partial charge is 0.338 e. The molecule has 2 aromatic rings. The number of aromatic nitrogens is 1. The zero-order valence-electron chi connectivity index (χ0n) is 13.0. The molecule has 1 aromatic carbocycles. The number of amides is 1. The van der Waals surface area contributed by atoms with Crippen LogP contribution in [-0.2, 0) is 10.5 Å². The predicted octanol–water partition coefficient (Wildman–Crippen LogP) is 4.84. The molecule has 1 aromatic heterocycles. The van der Waals surface area contributed by atoms with Crippen molar-refractivity contribution in [2.45, 2.75) is 18.7 Å². The highest BCUT2D eigenvalue weighted by molar-refractivity contribution is 7.99. The van der Waals surface area contributed by atoms with Crippen LogP contribution in [0, 0.1) is 0 Å². The number of thioether (sulfide) groups is 1. The van der Waals surface area contributed by atoms with Crippen molar-refractivity contribution in [3.8, 4) is 0 Å². The maximum Gasteiger partial charge on any atom is 0.232 e. The van der Waals surface area contributed by atoms with Crippen molar-refractivity contribution < 1.29 is 4.79 Å². The van der Waals surface area contributed by atoms with Gasteiger partial charge < -0.3 is 4.90 Å². The lowest BCUT2D eigenvalue weighted by atomic mass is 10.1. The van der Waals surface area contributed by atoms with Crippen molar-refractivity contribution in [2.75, 3.05) is 12.8 Å². The molecule has 2 rings (SSSR count). The first kappa shape index (κ1) is 18.1. The van der Waals surface area contributed by atoms with Crippen molar-refractivity contribution in [2.24, 2.45) is 0 Å². The highest BCUT2D eigenvalue weighted by atomic mass is 35.5. The first-order chi connectivity index (χ1) is 11.0. The van der Waals surface area contributed by atoms with E-state index in [9.17, 15) is 4.79 Å². The van der Waals surface area contributed by atoms with Crippen LogP contribution in [-0.4, -0.2) is 28.6 Å². The van der Waals surface area contributed by atoms with Crippen LogP contribution in [0.15, 0.2) is 42.7 Å². The summed E-state index contributed by atoms with van der Waals surface area (Å²) in [6.07, 6.45) is 3.52. The molecule has 1 atom stereocenters. The van der Waals surface area contributed by atoms with Gasteiger partial charge in [-0.2, -0.15) is 0 Å². The van der Waals surface area contributed by atoms with E-state index in [1.807, 2.05) is 25.1 Å². The maximum atomic E-state index is 12.3. The average Bonchev–Trinajstić information content (AvgIpc) is 2.54. The van der Waals surface area contributed by atoms with E-state index in [0.717, 1.165) is 16.9 Å². The Morgan fingerprint density at radius 1 is 1.26 bits per heavy atom. The lowest BCUT2D eigenvalue weighted by Crippen LogP contribution is -2.31. The molecule has 0 unspecified atom stereocenters. The van der Waals surface area contributed by atoms with Crippen molar-refractivity contribution in [1.29, 1.82) is 0 Å². The summed E-state index contributed by atoms with van der Waals surface area (Å²) in [5.74, 6) is 1.29. The Morgan fingerprint density at radius 3 is 2.61 bits per heavy atom. The summed E-state index contributed by atoms with van der Waals surface area (Å²) in [6, 6.07) is 9.16. The zero-order chi connectivity index (χ0) is 16.8. The third-order valence-corrected chi connectivity index (χ3v) is 5.18. The highest BCUT2D eigenvalue weighted by Gasteiger charge is 2.19. The lowest BCUT2D eigenvalue weighted by Gasteiger charge is -2.26. The number of rotatable bonds is 6. The zero-order valence-corrected chi connectivity index (χ0v) is 15.3. The molecule has 6 heteroatoms. The van der Waals surface area contributed by atoms with Gasteiger partial charge >= 0.3 is 0 Å². The molecule has 0 aliphatic heterocycles. The summed E-state index contributed by atoms with van der Waals surface area (Å²) in [4.78, 5) is 18.0. The van der Waals surface area contributed by atoms with E-state index < -0.39 is 0 Å². The van der Waals surface area contributed by atoms with Crippen LogP contribution in [0.1, 0.15) is 24.1 Å². The molecule has 0 saturated carbocycles. The molecule has 0 aliphatic rings. The monoisotopic (exact) mass is 368 g/mol. The molecule has 1 heterocycles. The maximum absolute atomic E-state index is 12.3. The van der Waals surface area contributed by atoms with Gasteiger partial charge in [0.25, 0.3) is 0 Å². The molecule has 0 spiro atoms. The fraction of sp³-hybridized carbons (Fsp3) is 0.294. The second-order valence-electron chi connectivity index (χ2n) is 5.19. The van der Waals surface area contributed by atoms with Crippen molar-refractivity contribution in [3.05, 3.63) is 63.9 Å². The molecule has 0 fully saturated rings. The molecule has 122 valence electrons. The van der Waals surface area contributed by atoms with E-state index >= 15 is 0 Å². The van der Waals surface area contributed by atoms with E-state index in [-0.39, 0.29) is 11.9 Å². The molecule has 3 nitrogen and oxygen atoms in total. The molecular weight excluding hydrogens is 351 g/mol. The topological polar surface area (TPSA) is 33.2 Å². The minimum atomic E-state index is -0.103. The van der Waals surface area contributed by atoms with Crippen LogP contribution >= 0.6 is 35.0 Å². The minimum Gasteiger partial charge on any atom is -0.338 e. The van der Waals surface area contributed by atoms with E-state index in [1.54, 1.807) is 48.2 Å². The van der Waals surface area contributed by atoms with Gasteiger partial charge in [-0.05, 0) is 42.3 Å². The summed E-state index contributed by atoms with van der Waals surface area (Å²) in [5, 5.41) is 1.17. The Hall–Kier alpha value is -1.23. The van der Waals surface area contributed by atoms with Gasteiger partial charge in [0, 0.05) is 35.2 Å². The second-order valence-corrected chi connectivity index (χ2v) is 7.02. The van der Waals surface area contributed by atoms with Gasteiger partial charge in [0.15, 0.2) is 0 Å². The Morgan fingerprint density at radius 2 is 1.96 bits per heavy atom. The van der Waals surface area contributed by atoms with E-state index in [0.29, 0.717) is 15.8 Å². The van der Waals surface area contributed by atoms with E-state index in [1.165, 1.54) is 0 Å². The van der Waals surface area contributed by atoms with Crippen LogP contribution in [0.5, 0.6) is 0 Å². The Bertz CT molecular complexity index is 667. The summed E-state index contributed by atoms with van der Waals surface area (Å²) in [7, 11) is 1.80. The fourth-order valence-electron chi connectivity index (χ4n) is 2.10. The molecule has 0 radical (unpaired) electrons. The minimum absolute atomic E-state index is 0.0718. The number of pyridine rings is 1. The van der Waals surface area contributed by atoms with Gasteiger partial charge in [0.05, 0.1) is 11.8 Å². The van der Waals surface area contributed by atoms with Crippen LogP contribution in [0.2, 0.25) is 10.0 Å². The van der Waals surface area contributed by atoms with Gasteiger partial charge in [0.1, 0.15) is 0 Å². The third kappa shape index (κ3) is 5.13. The van der Waals surface area contributed by atoms with Crippen molar-refractivity contribution in [3.63, 3.8) is 0 Å². The smallest absolute Gasteiger partial charge is 0.232 e. The normalized spacial score (nSPS) is 12.0. The molecule has 0 saturated heterocycles. The van der Waals surface area contributed by atoms with Crippen LogP contribution in [0.25, 0.3) is 0 Å². The van der Waals surface area contributed by atoms with Crippen LogP contribution in [0.4, 0.5) is 0 Å². The fourth-order valence-corrected chi connectivity index (χ4v) is 3.58. The predicted molar refractivity (Wildman–Crippen MR) is 98.0 cm³/mol. The SMILES string of the molecule is C[C@H](c1ccc(Cl)cc1Cl)N(C)C(=O)CSCc1ccncc1. The van der Waals surface area contributed by atoms with Gasteiger partial charge in [-0.3, -0.25) is 9.78 Å². The number of carbonyl (C=O) groups excluding carboxylic acids is 1. The first-order valence-electron chi connectivity index (χ1n) is 7.16. The van der Waals surface area contributed by atoms with E-state index in [4.69, 9.17) is 23.2 Å². The Kier molecular flexibility index (Phi) is 6.75. The summed E-state index contributed by atoms with van der Waals surface area (Å²) < 4.78 is 0. The summed E-state index contributed by atoms with van der Waals surface area (Å²) >= 11 is 13.7. The summed E-state index contributed by atoms with van der Waals surface area (Å²) in [6.45, 7) is 1.96. The number of benzene rings is 1. The lowest BCUT2D eigenvalue weighted by molar-refractivity contribution is -0.128. The first-order valence-corrected chi connectivity index (χ1v) is 9.07. The van der Waals surface area contributed by atoms with Gasteiger partial charge in [0.2, 0.25) is 5.91 Å². The quantitative estimate of drug-likeness (QED) is 0.730. The average molecular weight is 369 g/mol. The Balaban J connectivity index is 1.91. The molecule has 0 bridgehead atoms. The number of hydrogen-bond acceptors (Lipinski definition) is 3. The van der Waals surface area contributed by atoms with Crippen molar-refractivity contribution in [1.82, 2.24) is 9.88 Å². The van der Waals surface area contributed by atoms with Crippen molar-refractivity contribution >= 4 is 40.9 Å².